The summed E-state index contributed by atoms with van der Waals surface area (Å²) in [5.74, 6) is 1.17. The van der Waals surface area contributed by atoms with Crippen LogP contribution in [-0.4, -0.2) is 23.0 Å². The normalized spacial score (nSPS) is 12.2. The van der Waals surface area contributed by atoms with E-state index >= 15 is 0 Å². The number of carbonyl (C=O) groups is 1. The molecule has 1 unspecified atom stereocenters. The summed E-state index contributed by atoms with van der Waals surface area (Å²) in [5, 5.41) is 3.96. The van der Waals surface area contributed by atoms with Gasteiger partial charge in [0.05, 0.1) is 18.6 Å². The quantitative estimate of drug-likeness (QED) is 0.838. The maximum atomic E-state index is 11.5. The van der Waals surface area contributed by atoms with Gasteiger partial charge in [-0.05, 0) is 38.0 Å². The van der Waals surface area contributed by atoms with E-state index in [2.05, 4.69) is 10.1 Å². The van der Waals surface area contributed by atoms with Crippen LogP contribution in [0.25, 0.3) is 11.4 Å². The second-order valence-electron chi connectivity index (χ2n) is 4.73. The summed E-state index contributed by atoms with van der Waals surface area (Å²) in [5.41, 5.74) is 1.84. The average Bonchev–Trinajstić information content (AvgIpc) is 2.88. The van der Waals surface area contributed by atoms with E-state index < -0.39 is 0 Å². The molecule has 2 rings (SSSR count). The van der Waals surface area contributed by atoms with Crippen LogP contribution in [0.3, 0.4) is 0 Å². The van der Waals surface area contributed by atoms with Crippen molar-refractivity contribution in [3.8, 4) is 17.1 Å². The van der Waals surface area contributed by atoms with Gasteiger partial charge in [-0.3, -0.25) is 4.79 Å². The van der Waals surface area contributed by atoms with Gasteiger partial charge in [-0.25, -0.2) is 0 Å². The number of hydrogen-bond donors (Lipinski definition) is 0. The standard InChI is InChI=1S/C15H18N2O3/c1-5-11(10(3)18)15-16-14(17-20-15)12-7-6-9(2)8-13(12)19-4/h6-8,11H,5H2,1-4H3. The summed E-state index contributed by atoms with van der Waals surface area (Å²) in [6.45, 7) is 5.43. The van der Waals surface area contributed by atoms with Gasteiger partial charge in [0.1, 0.15) is 11.5 Å². The van der Waals surface area contributed by atoms with Crippen LogP contribution in [0.1, 0.15) is 37.6 Å². The fraction of sp³-hybridized carbons (Fsp3) is 0.400. The molecule has 106 valence electrons. The first-order chi connectivity index (χ1) is 9.56. The van der Waals surface area contributed by atoms with Gasteiger partial charge in [0, 0.05) is 0 Å². The first-order valence-corrected chi connectivity index (χ1v) is 6.55. The van der Waals surface area contributed by atoms with Crippen molar-refractivity contribution in [3.05, 3.63) is 29.7 Å². The smallest absolute Gasteiger partial charge is 0.237 e. The molecule has 0 aliphatic heterocycles. The van der Waals surface area contributed by atoms with E-state index in [0.29, 0.717) is 23.9 Å². The lowest BCUT2D eigenvalue weighted by atomic mass is 10.0. The Hall–Kier alpha value is -2.17. The Morgan fingerprint density at radius 1 is 1.45 bits per heavy atom. The molecule has 1 atom stereocenters. The maximum Gasteiger partial charge on any atom is 0.237 e. The summed E-state index contributed by atoms with van der Waals surface area (Å²) < 4.78 is 10.6. The molecular weight excluding hydrogens is 256 g/mol. The van der Waals surface area contributed by atoms with Crippen LogP contribution < -0.4 is 4.74 Å². The zero-order valence-corrected chi connectivity index (χ0v) is 12.1. The van der Waals surface area contributed by atoms with E-state index in [-0.39, 0.29) is 11.7 Å². The molecule has 0 aliphatic carbocycles. The molecule has 0 N–H and O–H groups in total. The van der Waals surface area contributed by atoms with Crippen LogP contribution >= 0.6 is 0 Å². The number of carbonyl (C=O) groups excluding carboxylic acids is 1. The molecule has 0 spiro atoms. The number of nitrogens with zero attached hydrogens (tertiary/aromatic N) is 2. The third kappa shape index (κ3) is 2.71. The molecule has 1 heterocycles. The highest BCUT2D eigenvalue weighted by Gasteiger charge is 2.23. The minimum absolute atomic E-state index is 0.0265. The minimum atomic E-state index is -0.340. The molecule has 20 heavy (non-hydrogen) atoms. The van der Waals surface area contributed by atoms with Gasteiger partial charge in [-0.2, -0.15) is 4.98 Å². The molecule has 0 aliphatic rings. The number of aryl methyl sites for hydroxylation is 1. The molecule has 0 bridgehead atoms. The topological polar surface area (TPSA) is 65.2 Å². The van der Waals surface area contributed by atoms with Gasteiger partial charge in [-0.15, -0.1) is 0 Å². The molecule has 1 aromatic carbocycles. The second-order valence-corrected chi connectivity index (χ2v) is 4.73. The number of methoxy groups -OCH3 is 1. The van der Waals surface area contributed by atoms with Crippen molar-refractivity contribution < 1.29 is 14.1 Å². The van der Waals surface area contributed by atoms with E-state index in [9.17, 15) is 4.79 Å². The molecule has 0 radical (unpaired) electrons. The number of rotatable bonds is 5. The molecule has 0 saturated carbocycles. The van der Waals surface area contributed by atoms with Crippen molar-refractivity contribution in [2.45, 2.75) is 33.1 Å². The Balaban J connectivity index is 2.40. The molecule has 5 nitrogen and oxygen atoms in total. The summed E-state index contributed by atoms with van der Waals surface area (Å²) in [7, 11) is 1.60. The second kappa shape index (κ2) is 5.86. The number of hydrogen-bond acceptors (Lipinski definition) is 5. The van der Waals surface area contributed by atoms with Crippen LogP contribution in [0, 0.1) is 6.92 Å². The lowest BCUT2D eigenvalue weighted by molar-refractivity contribution is -0.119. The molecule has 0 saturated heterocycles. The number of benzene rings is 1. The van der Waals surface area contributed by atoms with Crippen LogP contribution in [-0.2, 0) is 4.79 Å². The van der Waals surface area contributed by atoms with Gasteiger partial charge in [0.15, 0.2) is 0 Å². The maximum absolute atomic E-state index is 11.5. The predicted octanol–water partition coefficient (Wildman–Crippen LogP) is 3.14. The Labute approximate surface area is 118 Å². The summed E-state index contributed by atoms with van der Waals surface area (Å²) in [4.78, 5) is 15.9. The molecule has 0 fully saturated rings. The minimum Gasteiger partial charge on any atom is -0.496 e. The first kappa shape index (κ1) is 14.2. The molecular formula is C15H18N2O3. The van der Waals surface area contributed by atoms with Crippen LogP contribution in [0.2, 0.25) is 0 Å². The Morgan fingerprint density at radius 3 is 2.80 bits per heavy atom. The molecule has 2 aromatic rings. The highest BCUT2D eigenvalue weighted by Crippen LogP contribution is 2.30. The van der Waals surface area contributed by atoms with Crippen molar-refractivity contribution in [2.75, 3.05) is 7.11 Å². The van der Waals surface area contributed by atoms with E-state index in [4.69, 9.17) is 9.26 Å². The molecule has 0 amide bonds. The SMILES string of the molecule is CCC(C(C)=O)c1nc(-c2ccc(C)cc2OC)no1. The lowest BCUT2D eigenvalue weighted by Gasteiger charge is -2.06. The summed E-state index contributed by atoms with van der Waals surface area (Å²) in [6, 6.07) is 5.75. The van der Waals surface area contributed by atoms with E-state index in [1.54, 1.807) is 7.11 Å². The highest BCUT2D eigenvalue weighted by atomic mass is 16.5. The Bertz CT molecular complexity index is 619. The lowest BCUT2D eigenvalue weighted by Crippen LogP contribution is -2.07. The third-order valence-electron chi connectivity index (χ3n) is 3.24. The fourth-order valence-corrected chi connectivity index (χ4v) is 2.11. The van der Waals surface area contributed by atoms with Crippen molar-refractivity contribution in [1.82, 2.24) is 10.1 Å². The molecule has 5 heteroatoms. The number of ether oxygens (including phenoxy) is 1. The van der Waals surface area contributed by atoms with Gasteiger partial charge in [0.2, 0.25) is 11.7 Å². The van der Waals surface area contributed by atoms with Gasteiger partial charge < -0.3 is 9.26 Å². The summed E-state index contributed by atoms with van der Waals surface area (Å²) >= 11 is 0. The number of Topliss-reactive ketones (excluding diaryl/α,β-unsaturated/α-hetero) is 1. The van der Waals surface area contributed by atoms with Crippen molar-refractivity contribution in [2.24, 2.45) is 0 Å². The zero-order valence-electron chi connectivity index (χ0n) is 12.1. The van der Waals surface area contributed by atoms with E-state index in [1.165, 1.54) is 6.92 Å². The van der Waals surface area contributed by atoms with E-state index in [1.807, 2.05) is 32.0 Å². The Kier molecular flexibility index (Phi) is 4.17. The third-order valence-corrected chi connectivity index (χ3v) is 3.24. The first-order valence-electron chi connectivity index (χ1n) is 6.55. The summed E-state index contributed by atoms with van der Waals surface area (Å²) in [6.07, 6.45) is 0.641. The number of ketones is 1. The van der Waals surface area contributed by atoms with Crippen molar-refractivity contribution in [3.63, 3.8) is 0 Å². The van der Waals surface area contributed by atoms with Gasteiger partial charge in [0.25, 0.3) is 0 Å². The van der Waals surface area contributed by atoms with E-state index in [0.717, 1.165) is 11.1 Å². The Morgan fingerprint density at radius 2 is 2.20 bits per heavy atom. The van der Waals surface area contributed by atoms with Gasteiger partial charge >= 0.3 is 0 Å². The van der Waals surface area contributed by atoms with Crippen molar-refractivity contribution >= 4 is 5.78 Å². The number of aromatic nitrogens is 2. The molecule has 1 aromatic heterocycles. The fourth-order valence-electron chi connectivity index (χ4n) is 2.11. The van der Waals surface area contributed by atoms with Crippen LogP contribution in [0.4, 0.5) is 0 Å². The average molecular weight is 274 g/mol. The zero-order chi connectivity index (χ0) is 14.7. The largest absolute Gasteiger partial charge is 0.496 e. The van der Waals surface area contributed by atoms with Gasteiger partial charge in [-0.1, -0.05) is 18.1 Å². The monoisotopic (exact) mass is 274 g/mol. The highest BCUT2D eigenvalue weighted by molar-refractivity contribution is 5.82. The van der Waals surface area contributed by atoms with Crippen molar-refractivity contribution in [1.29, 1.82) is 0 Å². The van der Waals surface area contributed by atoms with Crippen LogP contribution in [0.5, 0.6) is 5.75 Å². The van der Waals surface area contributed by atoms with Crippen LogP contribution in [0.15, 0.2) is 22.7 Å². The predicted molar refractivity (Wildman–Crippen MR) is 74.7 cm³/mol.